The van der Waals surface area contributed by atoms with Crippen LogP contribution in [0.15, 0.2) is 53.7 Å². The lowest BCUT2D eigenvalue weighted by atomic mass is 9.84. The maximum absolute atomic E-state index is 12.9. The van der Waals surface area contributed by atoms with Gasteiger partial charge in [-0.2, -0.15) is 0 Å². The summed E-state index contributed by atoms with van der Waals surface area (Å²) in [6.45, 7) is 1.83. The van der Waals surface area contributed by atoms with Crippen LogP contribution < -0.4 is 4.72 Å². The molecule has 0 saturated heterocycles. The van der Waals surface area contributed by atoms with E-state index in [0.717, 1.165) is 11.3 Å². The standard InChI is InChI=1S/C20H23N5O2S/c1-15-19(8-5-9-20(15)25-14-21-23-24-25)22-28(26,27)18-12-10-17(11-13-18)16-6-3-2-4-7-16/h5,8-14,16,22H,2-4,6-7H2,1H3. The largest absolute Gasteiger partial charge is 0.279 e. The Labute approximate surface area is 164 Å². The molecule has 28 heavy (non-hydrogen) atoms. The van der Waals surface area contributed by atoms with E-state index in [1.165, 1.54) is 48.7 Å². The van der Waals surface area contributed by atoms with E-state index in [2.05, 4.69) is 20.2 Å². The molecule has 8 heteroatoms. The van der Waals surface area contributed by atoms with Crippen LogP contribution in [-0.4, -0.2) is 28.6 Å². The Hall–Kier alpha value is -2.74. The molecule has 4 rings (SSSR count). The quantitative estimate of drug-likeness (QED) is 0.707. The molecule has 0 aliphatic heterocycles. The third-order valence-corrected chi connectivity index (χ3v) is 6.79. The van der Waals surface area contributed by atoms with Gasteiger partial charge in [-0.25, -0.2) is 13.1 Å². The number of nitrogens with one attached hydrogen (secondary N) is 1. The number of nitrogens with zero attached hydrogens (tertiary/aromatic N) is 4. The van der Waals surface area contributed by atoms with Crippen molar-refractivity contribution >= 4 is 15.7 Å². The first kappa shape index (κ1) is 18.6. The lowest BCUT2D eigenvalue weighted by Crippen LogP contribution is -2.15. The summed E-state index contributed by atoms with van der Waals surface area (Å²) in [5.41, 5.74) is 3.20. The molecule has 7 nitrogen and oxygen atoms in total. The second kappa shape index (κ2) is 7.71. The highest BCUT2D eigenvalue weighted by Crippen LogP contribution is 2.33. The van der Waals surface area contributed by atoms with Gasteiger partial charge in [0.05, 0.1) is 16.3 Å². The van der Waals surface area contributed by atoms with E-state index in [0.29, 0.717) is 11.6 Å². The smallest absolute Gasteiger partial charge is 0.261 e. The van der Waals surface area contributed by atoms with Crippen LogP contribution in [0.2, 0.25) is 0 Å². The van der Waals surface area contributed by atoms with Gasteiger partial charge in [0, 0.05) is 0 Å². The first-order chi connectivity index (χ1) is 13.5. The van der Waals surface area contributed by atoms with Gasteiger partial charge in [0.25, 0.3) is 10.0 Å². The van der Waals surface area contributed by atoms with Crippen LogP contribution in [0.5, 0.6) is 0 Å². The first-order valence-corrected chi connectivity index (χ1v) is 11.0. The summed E-state index contributed by atoms with van der Waals surface area (Å²) < 4.78 is 30.0. The monoisotopic (exact) mass is 397 g/mol. The van der Waals surface area contributed by atoms with Gasteiger partial charge in [0.15, 0.2) is 0 Å². The second-order valence-electron chi connectivity index (χ2n) is 7.21. The summed E-state index contributed by atoms with van der Waals surface area (Å²) in [4.78, 5) is 0.263. The molecule has 2 aromatic carbocycles. The van der Waals surface area contributed by atoms with Gasteiger partial charge in [-0.15, -0.1) is 5.10 Å². The van der Waals surface area contributed by atoms with Gasteiger partial charge >= 0.3 is 0 Å². The van der Waals surface area contributed by atoms with Crippen LogP contribution in [0.3, 0.4) is 0 Å². The number of hydrogen-bond donors (Lipinski definition) is 1. The SMILES string of the molecule is Cc1c(NS(=O)(=O)c2ccc(C3CCCCC3)cc2)cccc1-n1cnnn1. The van der Waals surface area contributed by atoms with E-state index in [1.54, 1.807) is 24.3 Å². The maximum atomic E-state index is 12.9. The number of hydrogen-bond acceptors (Lipinski definition) is 5. The van der Waals surface area contributed by atoms with E-state index in [1.807, 2.05) is 25.1 Å². The molecular formula is C20H23N5O2S. The van der Waals surface area contributed by atoms with E-state index in [9.17, 15) is 8.42 Å². The molecule has 0 unspecified atom stereocenters. The molecule has 1 aromatic heterocycles. The Morgan fingerprint density at radius 2 is 1.79 bits per heavy atom. The van der Waals surface area contributed by atoms with Crippen molar-refractivity contribution in [2.75, 3.05) is 4.72 Å². The summed E-state index contributed by atoms with van der Waals surface area (Å²) in [6.07, 6.45) is 7.66. The fourth-order valence-electron chi connectivity index (χ4n) is 3.81. The van der Waals surface area contributed by atoms with E-state index >= 15 is 0 Å². The van der Waals surface area contributed by atoms with Gasteiger partial charge < -0.3 is 0 Å². The Morgan fingerprint density at radius 3 is 2.46 bits per heavy atom. The predicted molar refractivity (Wildman–Crippen MR) is 107 cm³/mol. The van der Waals surface area contributed by atoms with E-state index < -0.39 is 10.0 Å². The minimum atomic E-state index is -3.68. The van der Waals surface area contributed by atoms with Crippen LogP contribution in [0.25, 0.3) is 5.69 Å². The number of sulfonamides is 1. The summed E-state index contributed by atoms with van der Waals surface area (Å²) in [6, 6.07) is 12.6. The third-order valence-electron chi connectivity index (χ3n) is 5.41. The summed E-state index contributed by atoms with van der Waals surface area (Å²) in [7, 11) is -3.68. The maximum Gasteiger partial charge on any atom is 0.261 e. The van der Waals surface area contributed by atoms with Crippen LogP contribution in [0.4, 0.5) is 5.69 Å². The van der Waals surface area contributed by atoms with Crippen molar-refractivity contribution < 1.29 is 8.42 Å². The molecule has 0 bridgehead atoms. The van der Waals surface area contributed by atoms with Crippen molar-refractivity contribution in [3.63, 3.8) is 0 Å². The minimum Gasteiger partial charge on any atom is -0.279 e. The summed E-state index contributed by atoms with van der Waals surface area (Å²) >= 11 is 0. The van der Waals surface area contributed by atoms with Crippen LogP contribution in [0, 0.1) is 6.92 Å². The fourth-order valence-corrected chi connectivity index (χ4v) is 4.94. The first-order valence-electron chi connectivity index (χ1n) is 9.50. The van der Waals surface area contributed by atoms with Crippen molar-refractivity contribution in [3.05, 3.63) is 59.9 Å². The van der Waals surface area contributed by atoms with Gasteiger partial charge in [0.2, 0.25) is 0 Å². The molecule has 3 aromatic rings. The van der Waals surface area contributed by atoms with Gasteiger partial charge in [-0.05, 0) is 71.5 Å². The molecule has 1 aliphatic carbocycles. The number of rotatable bonds is 5. The third kappa shape index (κ3) is 3.77. The predicted octanol–water partition coefficient (Wildman–Crippen LogP) is 3.82. The fraction of sp³-hybridized carbons (Fsp3) is 0.350. The summed E-state index contributed by atoms with van der Waals surface area (Å²) in [5, 5.41) is 11.1. The molecule has 0 radical (unpaired) electrons. The number of benzene rings is 2. The zero-order valence-electron chi connectivity index (χ0n) is 15.7. The van der Waals surface area contributed by atoms with E-state index in [4.69, 9.17) is 0 Å². The molecular weight excluding hydrogens is 374 g/mol. The normalized spacial score (nSPS) is 15.5. The van der Waals surface area contributed by atoms with Gasteiger partial charge in [-0.1, -0.05) is 37.5 Å². The van der Waals surface area contributed by atoms with Crippen molar-refractivity contribution in [2.45, 2.75) is 49.8 Å². The second-order valence-corrected chi connectivity index (χ2v) is 8.90. The van der Waals surface area contributed by atoms with Crippen molar-refractivity contribution in [1.82, 2.24) is 20.2 Å². The van der Waals surface area contributed by atoms with Crippen LogP contribution in [0.1, 0.15) is 49.1 Å². The number of anilines is 1. The van der Waals surface area contributed by atoms with Gasteiger partial charge in [0.1, 0.15) is 6.33 Å². The van der Waals surface area contributed by atoms with Crippen molar-refractivity contribution in [2.24, 2.45) is 0 Å². The lowest BCUT2D eigenvalue weighted by molar-refractivity contribution is 0.443. The Bertz CT molecular complexity index is 1040. The van der Waals surface area contributed by atoms with Gasteiger partial charge in [-0.3, -0.25) is 4.72 Å². The highest BCUT2D eigenvalue weighted by Gasteiger charge is 2.19. The number of tetrazole rings is 1. The van der Waals surface area contributed by atoms with Crippen molar-refractivity contribution in [3.8, 4) is 5.69 Å². The molecule has 0 amide bonds. The molecule has 0 spiro atoms. The lowest BCUT2D eigenvalue weighted by Gasteiger charge is -2.22. The molecule has 1 N–H and O–H groups in total. The Kier molecular flexibility index (Phi) is 5.13. The molecule has 1 fully saturated rings. The average Bonchev–Trinajstić information content (AvgIpc) is 3.25. The average molecular weight is 398 g/mol. The molecule has 0 atom stereocenters. The zero-order valence-corrected chi connectivity index (χ0v) is 16.6. The summed E-state index contributed by atoms with van der Waals surface area (Å²) in [5.74, 6) is 0.550. The number of aromatic nitrogens is 4. The molecule has 1 heterocycles. The van der Waals surface area contributed by atoms with Crippen molar-refractivity contribution in [1.29, 1.82) is 0 Å². The highest BCUT2D eigenvalue weighted by molar-refractivity contribution is 7.92. The zero-order chi connectivity index (χ0) is 19.6. The Morgan fingerprint density at radius 1 is 1.04 bits per heavy atom. The van der Waals surface area contributed by atoms with Crippen LogP contribution in [-0.2, 0) is 10.0 Å². The Balaban J connectivity index is 1.57. The van der Waals surface area contributed by atoms with Crippen LogP contribution >= 0.6 is 0 Å². The highest BCUT2D eigenvalue weighted by atomic mass is 32.2. The molecule has 146 valence electrons. The topological polar surface area (TPSA) is 89.8 Å². The molecule has 1 aliphatic rings. The van der Waals surface area contributed by atoms with E-state index in [-0.39, 0.29) is 4.90 Å². The minimum absolute atomic E-state index is 0.263. The molecule has 1 saturated carbocycles.